The lowest BCUT2D eigenvalue weighted by Crippen LogP contribution is -2.32. The van der Waals surface area contributed by atoms with E-state index < -0.39 is 19.5 Å². The number of carbonyl (C=O) groups is 1. The molecule has 1 atom stereocenters. The van der Waals surface area contributed by atoms with Crippen molar-refractivity contribution < 1.29 is 32.6 Å². The number of nitrogens with one attached hydrogen (secondary N) is 1. The summed E-state index contributed by atoms with van der Waals surface area (Å²) < 4.78 is 41.9. The highest BCUT2D eigenvalue weighted by Gasteiger charge is 2.42. The fourth-order valence-electron chi connectivity index (χ4n) is 3.25. The van der Waals surface area contributed by atoms with Crippen LogP contribution >= 0.6 is 7.60 Å². The van der Waals surface area contributed by atoms with Crippen molar-refractivity contribution in [1.82, 2.24) is 5.32 Å². The van der Waals surface area contributed by atoms with E-state index in [0.29, 0.717) is 41.8 Å². The Balaban J connectivity index is 1.91. The molecule has 1 unspecified atom stereocenters. The number of methoxy groups -OCH3 is 1. The number of para-hydroxylation sites is 2. The van der Waals surface area contributed by atoms with Gasteiger partial charge in [0.15, 0.2) is 5.78 Å². The van der Waals surface area contributed by atoms with Crippen LogP contribution in [0.5, 0.6) is 11.5 Å². The van der Waals surface area contributed by atoms with Gasteiger partial charge in [-0.2, -0.15) is 0 Å². The third kappa shape index (κ3) is 9.23. The summed E-state index contributed by atoms with van der Waals surface area (Å²) in [6.45, 7) is 2.62. The molecule has 3 aromatic carbocycles. The Morgan fingerprint density at radius 2 is 1.42 bits per heavy atom. The predicted octanol–water partition coefficient (Wildman–Crippen LogP) is 5.43. The molecule has 3 aromatic rings. The number of hydrogen-bond acceptors (Lipinski definition) is 8. The maximum atomic E-state index is 14.5. The van der Waals surface area contributed by atoms with Crippen LogP contribution in [0, 0.1) is 0 Å². The summed E-state index contributed by atoms with van der Waals surface area (Å²) in [4.78, 5) is 17.0. The largest absolute Gasteiger partial charge is 0.457 e. The van der Waals surface area contributed by atoms with Crippen molar-refractivity contribution in [1.29, 1.82) is 0 Å². The summed E-state index contributed by atoms with van der Waals surface area (Å²) in [6, 6.07) is 23.9. The van der Waals surface area contributed by atoms with Crippen molar-refractivity contribution in [3.63, 3.8) is 0 Å². The van der Waals surface area contributed by atoms with Crippen LogP contribution in [0.1, 0.15) is 18.3 Å². The first kappa shape index (κ1) is 28.7. The predicted molar refractivity (Wildman–Crippen MR) is 145 cm³/mol. The third-order valence-electron chi connectivity index (χ3n) is 4.93. The van der Waals surface area contributed by atoms with Gasteiger partial charge >= 0.3 is 13.7 Å². The Bertz CT molecular complexity index is 1160. The monoisotopic (exact) mass is 541 g/mol. The molecular weight excluding hydrogens is 509 g/mol. The average molecular weight is 542 g/mol. The molecule has 10 nitrogen and oxygen atoms in total. The number of ether oxygens (including phenoxy) is 3. The molecule has 0 aliphatic rings. The molecule has 0 aliphatic heterocycles. The molecule has 0 aromatic heterocycles. The summed E-state index contributed by atoms with van der Waals surface area (Å²) in [6.07, 6.45) is -0.821. The Morgan fingerprint density at radius 1 is 0.868 bits per heavy atom. The smallest absolute Gasteiger partial charge is 0.447 e. The SMILES string of the molecule is COCCOCCOC(=O)NC(c1ccc(N=C(C)N)cc1)P(=O)(Oc1ccccc1)Oc1ccccc1. The summed E-state index contributed by atoms with van der Waals surface area (Å²) >= 11 is 0. The van der Waals surface area contributed by atoms with Crippen LogP contribution in [0.2, 0.25) is 0 Å². The zero-order valence-electron chi connectivity index (χ0n) is 21.3. The minimum absolute atomic E-state index is 0.0188. The van der Waals surface area contributed by atoms with Crippen molar-refractivity contribution in [3.05, 3.63) is 90.5 Å². The van der Waals surface area contributed by atoms with E-state index in [9.17, 15) is 9.36 Å². The van der Waals surface area contributed by atoms with E-state index in [1.165, 1.54) is 0 Å². The fraction of sp³-hybridized carbons (Fsp3) is 0.259. The van der Waals surface area contributed by atoms with Gasteiger partial charge in [-0.3, -0.25) is 0 Å². The topological polar surface area (TPSA) is 131 Å². The Labute approximate surface area is 222 Å². The maximum absolute atomic E-state index is 14.5. The second-order valence-corrected chi connectivity index (χ2v) is 9.94. The van der Waals surface area contributed by atoms with Gasteiger partial charge in [0, 0.05) is 7.11 Å². The van der Waals surface area contributed by atoms with E-state index in [0.717, 1.165) is 0 Å². The molecule has 1 amide bonds. The van der Waals surface area contributed by atoms with Gasteiger partial charge in [-0.15, -0.1) is 0 Å². The van der Waals surface area contributed by atoms with Crippen LogP contribution < -0.4 is 20.1 Å². The van der Waals surface area contributed by atoms with Gasteiger partial charge in [0.1, 0.15) is 18.1 Å². The number of hydrogen-bond donors (Lipinski definition) is 2. The quantitative estimate of drug-likeness (QED) is 0.120. The van der Waals surface area contributed by atoms with Crippen LogP contribution in [0.25, 0.3) is 0 Å². The van der Waals surface area contributed by atoms with E-state index in [-0.39, 0.29) is 13.2 Å². The number of nitrogens with two attached hydrogens (primary N) is 1. The second kappa shape index (κ2) is 14.8. The molecule has 38 heavy (non-hydrogen) atoms. The molecule has 0 aliphatic carbocycles. The van der Waals surface area contributed by atoms with Gasteiger partial charge in [0.05, 0.1) is 31.3 Å². The first-order valence-corrected chi connectivity index (χ1v) is 13.5. The maximum Gasteiger partial charge on any atom is 0.457 e. The molecule has 0 spiro atoms. The highest BCUT2D eigenvalue weighted by atomic mass is 31.2. The van der Waals surface area contributed by atoms with Gasteiger partial charge in [0.2, 0.25) is 0 Å². The molecule has 11 heteroatoms. The van der Waals surface area contributed by atoms with Crippen LogP contribution in [0.15, 0.2) is 89.9 Å². The van der Waals surface area contributed by atoms with Crippen LogP contribution in [-0.2, 0) is 18.8 Å². The van der Waals surface area contributed by atoms with Gasteiger partial charge in [-0.25, -0.2) is 14.4 Å². The molecular formula is C27H32N3O7P. The lowest BCUT2D eigenvalue weighted by Gasteiger charge is -2.28. The number of alkyl carbamates (subject to hydrolysis) is 1. The molecule has 0 radical (unpaired) electrons. The number of benzene rings is 3. The zero-order valence-corrected chi connectivity index (χ0v) is 22.2. The average Bonchev–Trinajstić information content (AvgIpc) is 2.90. The standard InChI is InChI=1S/C27H32N3O7P/c1-21(28)29-23-15-13-22(14-16-23)26(30-27(31)35-20-19-34-18-17-33-2)38(32,36-24-9-5-3-6-10-24)37-25-11-7-4-8-12-25/h3-16,26H,17-20H2,1-2H3,(H2,28,29)(H,30,31). The Hall–Kier alpha value is -3.85. The van der Waals surface area contributed by atoms with Gasteiger partial charge in [-0.1, -0.05) is 48.5 Å². The van der Waals surface area contributed by atoms with Gasteiger partial charge in [-0.05, 0) is 48.9 Å². The van der Waals surface area contributed by atoms with Crippen LogP contribution in [-0.4, -0.2) is 45.5 Å². The molecule has 0 bridgehead atoms. The minimum Gasteiger partial charge on any atom is -0.447 e. The number of rotatable bonds is 14. The fourth-order valence-corrected chi connectivity index (χ4v) is 5.13. The van der Waals surface area contributed by atoms with Crippen LogP contribution in [0.4, 0.5) is 10.5 Å². The summed E-state index contributed by atoms with van der Waals surface area (Å²) in [5, 5.41) is 2.66. The Morgan fingerprint density at radius 3 is 1.95 bits per heavy atom. The summed E-state index contributed by atoms with van der Waals surface area (Å²) in [5.74, 6) is -0.243. The molecule has 0 fully saturated rings. The highest BCUT2D eigenvalue weighted by molar-refractivity contribution is 7.55. The van der Waals surface area contributed by atoms with Crippen molar-refractivity contribution in [2.24, 2.45) is 10.7 Å². The number of nitrogens with zero attached hydrogens (tertiary/aromatic N) is 1. The lowest BCUT2D eigenvalue weighted by molar-refractivity contribution is 0.0418. The lowest BCUT2D eigenvalue weighted by atomic mass is 10.2. The van der Waals surface area contributed by atoms with E-state index in [4.69, 9.17) is 29.0 Å². The number of carbonyl (C=O) groups excluding carboxylic acids is 1. The van der Waals surface area contributed by atoms with E-state index in [1.807, 2.05) is 0 Å². The molecule has 0 saturated heterocycles. The summed E-state index contributed by atoms with van der Waals surface area (Å²) in [5.41, 5.74) is 6.72. The van der Waals surface area contributed by atoms with Crippen molar-refractivity contribution in [3.8, 4) is 11.5 Å². The molecule has 3 rings (SSSR count). The first-order valence-electron chi connectivity index (χ1n) is 11.9. The van der Waals surface area contributed by atoms with E-state index in [2.05, 4.69) is 10.3 Å². The molecule has 0 saturated carbocycles. The van der Waals surface area contributed by atoms with Crippen molar-refractivity contribution in [2.45, 2.75) is 12.7 Å². The Kier molecular flexibility index (Phi) is 11.2. The first-order chi connectivity index (χ1) is 18.4. The third-order valence-corrected chi connectivity index (χ3v) is 6.92. The number of aliphatic imine (C=N–C) groups is 1. The molecule has 3 N–H and O–H groups in total. The summed E-state index contributed by atoms with van der Waals surface area (Å²) in [7, 11) is -2.60. The van der Waals surface area contributed by atoms with Gasteiger partial charge < -0.3 is 34.3 Å². The highest BCUT2D eigenvalue weighted by Crippen LogP contribution is 2.59. The number of amidine groups is 1. The number of amides is 1. The van der Waals surface area contributed by atoms with Crippen molar-refractivity contribution in [2.75, 3.05) is 33.5 Å². The molecule has 202 valence electrons. The van der Waals surface area contributed by atoms with Crippen LogP contribution in [0.3, 0.4) is 0 Å². The van der Waals surface area contributed by atoms with Crippen molar-refractivity contribution >= 4 is 25.2 Å². The van der Waals surface area contributed by atoms with E-state index in [1.54, 1.807) is 99.0 Å². The zero-order chi connectivity index (χ0) is 27.2. The van der Waals surface area contributed by atoms with Gasteiger partial charge in [0.25, 0.3) is 0 Å². The molecule has 0 heterocycles. The van der Waals surface area contributed by atoms with E-state index >= 15 is 0 Å². The second-order valence-electron chi connectivity index (χ2n) is 7.98. The normalized spacial score (nSPS) is 12.4. The minimum atomic E-state index is -4.17.